The number of thiazole rings is 1. The fraction of sp³-hybridized carbons (Fsp3) is 0.231. The van der Waals surface area contributed by atoms with Crippen LogP contribution in [-0.4, -0.2) is 26.0 Å². The van der Waals surface area contributed by atoms with E-state index in [-0.39, 0.29) is 16.4 Å². The Hall–Kier alpha value is -1.45. The summed E-state index contributed by atoms with van der Waals surface area (Å²) >= 11 is 4.34. The van der Waals surface area contributed by atoms with E-state index in [4.69, 9.17) is 4.74 Å². The molecular weight excluding hydrogens is 392 g/mol. The molecule has 1 heterocycles. The molecule has 1 aromatic heterocycles. The molecule has 0 bridgehead atoms. The van der Waals surface area contributed by atoms with E-state index in [1.807, 2.05) is 0 Å². The van der Waals surface area contributed by atoms with Gasteiger partial charge in [-0.15, -0.1) is 11.3 Å². The minimum Gasteiger partial charge on any atom is -0.466 e. The van der Waals surface area contributed by atoms with Crippen molar-refractivity contribution in [3.8, 4) is 0 Å². The highest BCUT2D eigenvalue weighted by molar-refractivity contribution is 9.10. The maximum atomic E-state index is 12.2. The first-order valence-corrected chi connectivity index (χ1v) is 9.44. The summed E-state index contributed by atoms with van der Waals surface area (Å²) in [7, 11) is -3.71. The van der Waals surface area contributed by atoms with Crippen LogP contribution in [0.5, 0.6) is 0 Å². The third-order valence-corrected chi connectivity index (χ3v) is 5.28. The maximum Gasteiger partial charge on any atom is 0.311 e. The van der Waals surface area contributed by atoms with Crippen molar-refractivity contribution in [2.75, 3.05) is 11.3 Å². The van der Waals surface area contributed by atoms with Crippen molar-refractivity contribution < 1.29 is 17.9 Å². The molecule has 6 nitrogen and oxygen atoms in total. The number of ether oxygens (including phenoxy) is 1. The minimum atomic E-state index is -3.71. The smallest absolute Gasteiger partial charge is 0.311 e. The van der Waals surface area contributed by atoms with E-state index < -0.39 is 16.0 Å². The molecule has 2 rings (SSSR count). The van der Waals surface area contributed by atoms with Gasteiger partial charge in [0, 0.05) is 9.85 Å². The molecule has 0 atom stereocenters. The number of anilines is 1. The van der Waals surface area contributed by atoms with Crippen LogP contribution in [0.2, 0.25) is 0 Å². The number of nitrogens with zero attached hydrogens (tertiary/aromatic N) is 1. The van der Waals surface area contributed by atoms with Crippen LogP contribution < -0.4 is 4.72 Å². The molecule has 22 heavy (non-hydrogen) atoms. The highest BCUT2D eigenvalue weighted by atomic mass is 79.9. The normalized spacial score (nSPS) is 11.2. The number of hydrogen-bond acceptors (Lipinski definition) is 6. The molecule has 2 aromatic rings. The van der Waals surface area contributed by atoms with Gasteiger partial charge in [-0.1, -0.05) is 22.0 Å². The number of carbonyl (C=O) groups excluding carboxylic acids is 1. The Balaban J connectivity index is 2.11. The SMILES string of the molecule is CCOC(=O)Cc1csc(NS(=O)(=O)c2cccc(Br)c2)n1. The number of carbonyl (C=O) groups is 1. The van der Waals surface area contributed by atoms with Crippen LogP contribution in [0.3, 0.4) is 0 Å². The van der Waals surface area contributed by atoms with E-state index in [1.165, 1.54) is 12.1 Å². The van der Waals surface area contributed by atoms with Crippen molar-refractivity contribution in [3.05, 3.63) is 39.8 Å². The lowest BCUT2D eigenvalue weighted by molar-refractivity contribution is -0.142. The van der Waals surface area contributed by atoms with E-state index in [0.717, 1.165) is 11.3 Å². The van der Waals surface area contributed by atoms with Gasteiger partial charge in [-0.3, -0.25) is 9.52 Å². The average Bonchev–Trinajstić information content (AvgIpc) is 2.85. The molecule has 0 aliphatic rings. The number of rotatable bonds is 6. The second-order valence-corrected chi connectivity index (χ2v) is 7.64. The van der Waals surface area contributed by atoms with Crippen molar-refractivity contribution in [2.24, 2.45) is 0 Å². The van der Waals surface area contributed by atoms with Gasteiger partial charge in [-0.05, 0) is 25.1 Å². The Morgan fingerprint density at radius 3 is 2.91 bits per heavy atom. The predicted octanol–water partition coefficient (Wildman–Crippen LogP) is 2.81. The van der Waals surface area contributed by atoms with Gasteiger partial charge in [-0.2, -0.15) is 0 Å². The minimum absolute atomic E-state index is 0.0168. The van der Waals surface area contributed by atoms with Crippen LogP contribution in [0, 0.1) is 0 Å². The summed E-state index contributed by atoms with van der Waals surface area (Å²) < 4.78 is 32.3. The maximum absolute atomic E-state index is 12.2. The van der Waals surface area contributed by atoms with Crippen LogP contribution in [0.1, 0.15) is 12.6 Å². The molecule has 0 saturated heterocycles. The van der Waals surface area contributed by atoms with E-state index in [0.29, 0.717) is 16.8 Å². The summed E-state index contributed by atoms with van der Waals surface area (Å²) in [6, 6.07) is 6.35. The van der Waals surface area contributed by atoms with Gasteiger partial charge >= 0.3 is 5.97 Å². The molecule has 0 aliphatic heterocycles. The third-order valence-electron chi connectivity index (χ3n) is 2.51. The van der Waals surface area contributed by atoms with Crippen LogP contribution >= 0.6 is 27.3 Å². The zero-order chi connectivity index (χ0) is 16.2. The Labute approximate surface area is 140 Å². The van der Waals surface area contributed by atoms with Gasteiger partial charge in [0.1, 0.15) is 0 Å². The second-order valence-electron chi connectivity index (χ2n) is 4.19. The number of aromatic nitrogens is 1. The first kappa shape index (κ1) is 16.9. The molecule has 0 radical (unpaired) electrons. The van der Waals surface area contributed by atoms with Crippen molar-refractivity contribution in [2.45, 2.75) is 18.2 Å². The van der Waals surface area contributed by atoms with Crippen LogP contribution in [0.4, 0.5) is 5.13 Å². The van der Waals surface area contributed by atoms with Crippen LogP contribution in [-0.2, 0) is 26.0 Å². The molecule has 1 aromatic carbocycles. The number of hydrogen-bond donors (Lipinski definition) is 1. The van der Waals surface area contributed by atoms with Gasteiger partial charge in [0.2, 0.25) is 0 Å². The molecule has 0 amide bonds. The number of nitrogens with one attached hydrogen (secondary N) is 1. The number of halogens is 1. The first-order valence-electron chi connectivity index (χ1n) is 6.29. The Morgan fingerprint density at radius 1 is 1.45 bits per heavy atom. The van der Waals surface area contributed by atoms with Crippen LogP contribution in [0.25, 0.3) is 0 Å². The summed E-state index contributed by atoms with van der Waals surface area (Å²) in [5.41, 5.74) is 0.468. The molecule has 1 N–H and O–H groups in total. The van der Waals surface area contributed by atoms with Gasteiger partial charge in [-0.25, -0.2) is 13.4 Å². The Bertz CT molecular complexity index is 774. The highest BCUT2D eigenvalue weighted by Gasteiger charge is 2.17. The largest absolute Gasteiger partial charge is 0.466 e. The third kappa shape index (κ3) is 4.52. The quantitative estimate of drug-likeness (QED) is 0.748. The lowest BCUT2D eigenvalue weighted by atomic mass is 10.3. The first-order chi connectivity index (χ1) is 10.4. The molecular formula is C13H13BrN2O4S2. The van der Waals surface area contributed by atoms with Crippen molar-refractivity contribution in [1.29, 1.82) is 0 Å². The zero-order valence-corrected chi connectivity index (χ0v) is 14.8. The average molecular weight is 405 g/mol. The summed E-state index contributed by atoms with van der Waals surface area (Å²) in [6.07, 6.45) is 0.0168. The van der Waals surface area contributed by atoms with E-state index in [2.05, 4.69) is 25.6 Å². The van der Waals surface area contributed by atoms with E-state index in [9.17, 15) is 13.2 Å². The summed E-state index contributed by atoms with van der Waals surface area (Å²) in [5, 5.41) is 1.83. The van der Waals surface area contributed by atoms with Gasteiger partial charge in [0.15, 0.2) is 5.13 Å². The van der Waals surface area contributed by atoms with Gasteiger partial charge in [0.05, 0.1) is 23.6 Å². The van der Waals surface area contributed by atoms with E-state index >= 15 is 0 Å². The Kier molecular flexibility index (Phi) is 5.54. The molecule has 118 valence electrons. The van der Waals surface area contributed by atoms with Gasteiger partial charge < -0.3 is 4.74 Å². The van der Waals surface area contributed by atoms with Crippen molar-refractivity contribution in [3.63, 3.8) is 0 Å². The molecule has 0 aliphatic carbocycles. The highest BCUT2D eigenvalue weighted by Crippen LogP contribution is 2.22. The van der Waals surface area contributed by atoms with Crippen molar-refractivity contribution in [1.82, 2.24) is 4.98 Å². The fourth-order valence-corrected chi connectivity index (χ4v) is 4.16. The Morgan fingerprint density at radius 2 is 2.23 bits per heavy atom. The number of esters is 1. The number of sulfonamides is 1. The monoisotopic (exact) mass is 404 g/mol. The number of benzene rings is 1. The van der Waals surface area contributed by atoms with Crippen LogP contribution in [0.15, 0.2) is 39.0 Å². The lowest BCUT2D eigenvalue weighted by Gasteiger charge is -2.05. The lowest BCUT2D eigenvalue weighted by Crippen LogP contribution is -2.13. The van der Waals surface area contributed by atoms with E-state index in [1.54, 1.807) is 24.4 Å². The molecule has 9 heteroatoms. The molecule has 0 spiro atoms. The molecule has 0 saturated carbocycles. The molecule has 0 fully saturated rings. The molecule has 0 unspecified atom stereocenters. The topological polar surface area (TPSA) is 85.4 Å². The predicted molar refractivity (Wildman–Crippen MR) is 87.4 cm³/mol. The van der Waals surface area contributed by atoms with Gasteiger partial charge in [0.25, 0.3) is 10.0 Å². The standard InChI is InChI=1S/C13H13BrN2O4S2/c1-2-20-12(17)7-10-8-21-13(15-10)16-22(18,19)11-5-3-4-9(14)6-11/h3-6,8H,2,7H2,1H3,(H,15,16). The van der Waals surface area contributed by atoms with Crippen molar-refractivity contribution >= 4 is 48.4 Å². The summed E-state index contributed by atoms with van der Waals surface area (Å²) in [6.45, 7) is 2.02. The second kappa shape index (κ2) is 7.21. The fourth-order valence-electron chi connectivity index (χ4n) is 1.60. The summed E-state index contributed by atoms with van der Waals surface area (Å²) in [4.78, 5) is 15.6. The zero-order valence-electron chi connectivity index (χ0n) is 11.6. The summed E-state index contributed by atoms with van der Waals surface area (Å²) in [5.74, 6) is -0.394.